The van der Waals surface area contributed by atoms with Crippen LogP contribution in [-0.2, 0) is 16.1 Å². The van der Waals surface area contributed by atoms with Crippen molar-refractivity contribution < 1.29 is 14.6 Å². The lowest BCUT2D eigenvalue weighted by molar-refractivity contribution is -0.127. The number of hydrogen-bond donors (Lipinski definition) is 3. The maximum absolute atomic E-state index is 12.6. The second-order valence-corrected chi connectivity index (χ2v) is 6.34. The molecule has 1 fully saturated rings. The van der Waals surface area contributed by atoms with Gasteiger partial charge in [-0.05, 0) is 24.1 Å². The molecule has 2 rings (SSSR count). The molecule has 1 atom stereocenters. The number of carbonyl (C=O) groups excluding carboxylic acids is 1. The predicted molar refractivity (Wildman–Crippen MR) is 103 cm³/mol. The van der Waals surface area contributed by atoms with Crippen LogP contribution >= 0.6 is 11.6 Å². The fourth-order valence-corrected chi connectivity index (χ4v) is 2.40. The van der Waals surface area contributed by atoms with Crippen molar-refractivity contribution in [1.82, 2.24) is 10.4 Å². The van der Waals surface area contributed by atoms with Gasteiger partial charge in [-0.15, -0.1) is 0 Å². The van der Waals surface area contributed by atoms with E-state index in [-0.39, 0.29) is 12.4 Å². The molecule has 0 bridgehead atoms. The summed E-state index contributed by atoms with van der Waals surface area (Å²) in [5.41, 5.74) is 9.72. The third kappa shape index (κ3) is 7.59. The lowest BCUT2D eigenvalue weighted by Crippen LogP contribution is -2.53. The number of benzene rings is 1. The molecule has 0 spiro atoms. The van der Waals surface area contributed by atoms with Gasteiger partial charge in [-0.1, -0.05) is 23.7 Å². The number of hydrogen-bond acceptors (Lipinski definition) is 7. The number of carbonyl (C=O) groups is 1. The van der Waals surface area contributed by atoms with E-state index < -0.39 is 11.9 Å². The third-order valence-corrected chi connectivity index (χ3v) is 4.03. The van der Waals surface area contributed by atoms with E-state index >= 15 is 0 Å². The van der Waals surface area contributed by atoms with Crippen molar-refractivity contribution in [2.24, 2.45) is 21.0 Å². The number of aliphatic hydroxyl groups excluding tert-OH is 1. The lowest BCUT2D eigenvalue weighted by atomic mass is 10.2. The van der Waals surface area contributed by atoms with Crippen molar-refractivity contribution in [3.05, 3.63) is 34.9 Å². The molecule has 1 aromatic rings. The number of hydrazine groups is 1. The summed E-state index contributed by atoms with van der Waals surface area (Å²) >= 11 is 5.87. The maximum Gasteiger partial charge on any atom is 0.268 e. The molecule has 10 heteroatoms. The second kappa shape index (κ2) is 11.6. The van der Waals surface area contributed by atoms with Crippen molar-refractivity contribution in [3.63, 3.8) is 0 Å². The number of ether oxygens (including phenoxy) is 1. The summed E-state index contributed by atoms with van der Waals surface area (Å²) in [6.45, 7) is 2.87. The lowest BCUT2D eigenvalue weighted by Gasteiger charge is -2.27. The van der Waals surface area contributed by atoms with Crippen LogP contribution in [0, 0.1) is 0 Å². The van der Waals surface area contributed by atoms with E-state index in [0.717, 1.165) is 5.56 Å². The summed E-state index contributed by atoms with van der Waals surface area (Å²) in [5.74, 6) is -0.328. The number of rotatable bonds is 9. The quantitative estimate of drug-likeness (QED) is 0.246. The van der Waals surface area contributed by atoms with Gasteiger partial charge in [-0.2, -0.15) is 10.2 Å². The van der Waals surface area contributed by atoms with E-state index in [1.165, 1.54) is 0 Å². The van der Waals surface area contributed by atoms with Crippen molar-refractivity contribution in [1.29, 1.82) is 0 Å². The molecular formula is C17H25ClN6O3. The summed E-state index contributed by atoms with van der Waals surface area (Å²) in [6, 6.07) is 6.17. The summed E-state index contributed by atoms with van der Waals surface area (Å²) in [6.07, 6.45) is 0.461. The largest absolute Gasteiger partial charge is 0.396 e. The molecule has 1 heterocycles. The molecule has 1 aromatic carbocycles. The maximum atomic E-state index is 12.6. The summed E-state index contributed by atoms with van der Waals surface area (Å²) in [7, 11) is 0. The van der Waals surface area contributed by atoms with Gasteiger partial charge in [0.25, 0.3) is 5.91 Å². The van der Waals surface area contributed by atoms with E-state index in [2.05, 4.69) is 20.6 Å². The standard InChI is InChI=1S/C17H25ClN6O3/c18-14-4-2-13(3-5-14)12-20-16(19)15(22-21-6-1-9-25)17(26)23-24-7-10-27-11-8-24/h2-5,15,25H,1,6-12H2,(H2,19,20)(H,23,26). The van der Waals surface area contributed by atoms with Gasteiger partial charge >= 0.3 is 0 Å². The Morgan fingerprint density at radius 3 is 2.70 bits per heavy atom. The van der Waals surface area contributed by atoms with Crippen LogP contribution in [0.4, 0.5) is 0 Å². The van der Waals surface area contributed by atoms with Crippen LogP contribution in [0.15, 0.2) is 39.5 Å². The fourth-order valence-electron chi connectivity index (χ4n) is 2.28. The van der Waals surface area contributed by atoms with Crippen LogP contribution in [0.25, 0.3) is 0 Å². The molecule has 0 saturated carbocycles. The Morgan fingerprint density at radius 2 is 2.04 bits per heavy atom. The van der Waals surface area contributed by atoms with Gasteiger partial charge in [0.05, 0.1) is 26.3 Å². The van der Waals surface area contributed by atoms with E-state index in [0.29, 0.717) is 50.8 Å². The van der Waals surface area contributed by atoms with Crippen LogP contribution < -0.4 is 11.2 Å². The highest BCUT2D eigenvalue weighted by atomic mass is 35.5. The highest BCUT2D eigenvalue weighted by Crippen LogP contribution is 2.10. The molecule has 0 aromatic heterocycles. The molecule has 1 saturated heterocycles. The minimum absolute atomic E-state index is 0.00377. The Bertz CT molecular complexity index is 647. The van der Waals surface area contributed by atoms with E-state index in [1.54, 1.807) is 17.1 Å². The molecule has 1 aliphatic rings. The fraction of sp³-hybridized carbons (Fsp3) is 0.529. The molecule has 1 unspecified atom stereocenters. The number of nitrogens with zero attached hydrogens (tertiary/aromatic N) is 4. The SMILES string of the molecule is NC(=NCc1ccc(Cl)cc1)C(N=NCCCO)C(=O)NN1CCOCC1. The van der Waals surface area contributed by atoms with Crippen LogP contribution in [0.1, 0.15) is 12.0 Å². The Labute approximate surface area is 163 Å². The topological polar surface area (TPSA) is 125 Å². The Hall–Kier alpha value is -2.07. The Kier molecular flexibility index (Phi) is 9.12. The highest BCUT2D eigenvalue weighted by molar-refractivity contribution is 6.30. The minimum Gasteiger partial charge on any atom is -0.396 e. The molecular weight excluding hydrogens is 372 g/mol. The van der Waals surface area contributed by atoms with Crippen LogP contribution in [0.2, 0.25) is 5.02 Å². The summed E-state index contributed by atoms with van der Waals surface area (Å²) in [5, 5.41) is 19.2. The summed E-state index contributed by atoms with van der Waals surface area (Å²) in [4.78, 5) is 16.9. The zero-order valence-electron chi connectivity index (χ0n) is 15.1. The normalized spacial score (nSPS) is 17.2. The van der Waals surface area contributed by atoms with Gasteiger partial charge < -0.3 is 15.6 Å². The number of aliphatic imine (C=N–C) groups is 1. The van der Waals surface area contributed by atoms with E-state index in [1.807, 2.05) is 12.1 Å². The van der Waals surface area contributed by atoms with Gasteiger partial charge in [-0.25, -0.2) is 5.01 Å². The van der Waals surface area contributed by atoms with Crippen molar-refractivity contribution in [3.8, 4) is 0 Å². The molecule has 1 amide bonds. The van der Waals surface area contributed by atoms with Gasteiger partial charge in [0.2, 0.25) is 6.04 Å². The number of amides is 1. The average molecular weight is 397 g/mol. The van der Waals surface area contributed by atoms with Crippen molar-refractivity contribution >= 4 is 23.3 Å². The highest BCUT2D eigenvalue weighted by Gasteiger charge is 2.25. The number of nitrogens with one attached hydrogen (secondary N) is 1. The molecule has 9 nitrogen and oxygen atoms in total. The van der Waals surface area contributed by atoms with E-state index in [9.17, 15) is 4.79 Å². The van der Waals surface area contributed by atoms with Crippen LogP contribution in [-0.4, -0.2) is 67.4 Å². The number of nitrogens with two attached hydrogens (primary N) is 1. The van der Waals surface area contributed by atoms with Crippen LogP contribution in [0.5, 0.6) is 0 Å². The first-order chi connectivity index (χ1) is 13.1. The zero-order valence-corrected chi connectivity index (χ0v) is 15.8. The van der Waals surface area contributed by atoms with Crippen molar-refractivity contribution in [2.45, 2.75) is 19.0 Å². The summed E-state index contributed by atoms with van der Waals surface area (Å²) < 4.78 is 5.26. The predicted octanol–water partition coefficient (Wildman–Crippen LogP) is 0.764. The van der Waals surface area contributed by atoms with Gasteiger partial charge in [0, 0.05) is 24.7 Å². The third-order valence-electron chi connectivity index (χ3n) is 3.78. The van der Waals surface area contributed by atoms with E-state index in [4.69, 9.17) is 27.2 Å². The molecule has 0 radical (unpaired) electrons. The smallest absolute Gasteiger partial charge is 0.268 e. The number of morpholine rings is 1. The van der Waals surface area contributed by atoms with Gasteiger partial charge in [-0.3, -0.25) is 15.2 Å². The first-order valence-electron chi connectivity index (χ1n) is 8.75. The molecule has 0 aliphatic carbocycles. The van der Waals surface area contributed by atoms with Gasteiger partial charge in [0.15, 0.2) is 0 Å². The van der Waals surface area contributed by atoms with Crippen LogP contribution in [0.3, 0.4) is 0 Å². The number of aliphatic hydroxyl groups is 1. The Balaban J connectivity index is 2.04. The molecule has 4 N–H and O–H groups in total. The minimum atomic E-state index is -1.03. The van der Waals surface area contributed by atoms with Crippen molar-refractivity contribution in [2.75, 3.05) is 39.5 Å². The monoisotopic (exact) mass is 396 g/mol. The average Bonchev–Trinajstić information content (AvgIpc) is 2.68. The molecule has 148 valence electrons. The van der Waals surface area contributed by atoms with Gasteiger partial charge in [0.1, 0.15) is 5.84 Å². The number of halogens is 1. The zero-order chi connectivity index (χ0) is 19.5. The number of azo groups is 1. The second-order valence-electron chi connectivity index (χ2n) is 5.90. The Morgan fingerprint density at radius 1 is 1.33 bits per heavy atom. The first kappa shape index (κ1) is 21.2. The molecule has 27 heavy (non-hydrogen) atoms. The number of amidine groups is 1. The molecule has 1 aliphatic heterocycles. The first-order valence-corrected chi connectivity index (χ1v) is 9.13.